The molecule has 0 spiro atoms. The molecule has 3 nitrogen and oxygen atoms in total. The molecule has 0 heterocycles. The Morgan fingerprint density at radius 1 is 1.24 bits per heavy atom. The predicted octanol–water partition coefficient (Wildman–Crippen LogP) is 4.09. The summed E-state index contributed by atoms with van der Waals surface area (Å²) < 4.78 is 17.4. The Morgan fingerprint density at radius 2 is 1.76 bits per heavy atom. The summed E-state index contributed by atoms with van der Waals surface area (Å²) in [6.45, 7) is 11.7. The highest BCUT2D eigenvalue weighted by molar-refractivity contribution is 8.56. The fourth-order valence-electron chi connectivity index (χ4n) is 1.72. The molecule has 0 rings (SSSR count). The average Bonchev–Trinajstić information content (AvgIpc) is 2.20. The van der Waals surface area contributed by atoms with E-state index in [1.807, 2.05) is 6.92 Å². The first-order chi connectivity index (χ1) is 7.80. The zero-order valence-corrected chi connectivity index (χ0v) is 13.8. The van der Waals surface area contributed by atoms with Gasteiger partial charge in [0.2, 0.25) is 0 Å². The van der Waals surface area contributed by atoms with Crippen LogP contribution < -0.4 is 0 Å². The van der Waals surface area contributed by atoms with Crippen molar-refractivity contribution in [3.63, 3.8) is 0 Å². The molecule has 1 unspecified atom stereocenters. The van der Waals surface area contributed by atoms with Gasteiger partial charge in [-0.05, 0) is 34.1 Å². The van der Waals surface area contributed by atoms with Crippen LogP contribution in [-0.4, -0.2) is 42.6 Å². The van der Waals surface area contributed by atoms with Crippen LogP contribution >= 0.6 is 18.0 Å². The van der Waals surface area contributed by atoms with Gasteiger partial charge in [0.15, 0.2) is 0 Å². The molecule has 0 saturated carbocycles. The molecule has 0 aliphatic rings. The van der Waals surface area contributed by atoms with E-state index in [1.54, 1.807) is 6.66 Å². The number of hydrogen-bond acceptors (Lipinski definition) is 4. The number of hydrogen-bond donors (Lipinski definition) is 0. The Labute approximate surface area is 111 Å². The molecule has 1 atom stereocenters. The summed E-state index contributed by atoms with van der Waals surface area (Å²) in [5, 5.41) is 0. The van der Waals surface area contributed by atoms with Crippen LogP contribution in [0.1, 0.15) is 41.0 Å². The third-order valence-electron chi connectivity index (χ3n) is 2.53. The second-order valence-corrected chi connectivity index (χ2v) is 10.1. The van der Waals surface area contributed by atoms with Crippen LogP contribution in [0.5, 0.6) is 0 Å². The van der Waals surface area contributed by atoms with Crippen molar-refractivity contribution in [2.45, 2.75) is 53.1 Å². The van der Waals surface area contributed by atoms with Gasteiger partial charge in [-0.15, -0.1) is 0 Å². The third-order valence-corrected chi connectivity index (χ3v) is 6.29. The molecule has 0 amide bonds. The Hall–Kier alpha value is 0.500. The maximum atomic E-state index is 12.0. The van der Waals surface area contributed by atoms with Crippen molar-refractivity contribution in [1.29, 1.82) is 0 Å². The van der Waals surface area contributed by atoms with E-state index in [0.29, 0.717) is 18.7 Å². The van der Waals surface area contributed by atoms with E-state index in [9.17, 15) is 4.57 Å². The lowest BCUT2D eigenvalue weighted by Crippen LogP contribution is -2.38. The Kier molecular flexibility index (Phi) is 8.83. The second kappa shape index (κ2) is 8.58. The van der Waals surface area contributed by atoms with Crippen LogP contribution in [0.25, 0.3) is 0 Å². The molecule has 0 aliphatic carbocycles. The van der Waals surface area contributed by atoms with Crippen molar-refractivity contribution in [2.75, 3.05) is 25.6 Å². The summed E-state index contributed by atoms with van der Waals surface area (Å²) in [4.78, 5) is 2.41. The summed E-state index contributed by atoms with van der Waals surface area (Å²) in [5.41, 5.74) is 0. The molecular formula is C12H28NO2PS. The van der Waals surface area contributed by atoms with Crippen LogP contribution in [0.4, 0.5) is 0 Å². The minimum atomic E-state index is -2.44. The maximum absolute atomic E-state index is 12.0. The van der Waals surface area contributed by atoms with Crippen molar-refractivity contribution < 1.29 is 9.09 Å². The van der Waals surface area contributed by atoms with Gasteiger partial charge in [-0.25, -0.2) is 0 Å². The van der Waals surface area contributed by atoms with E-state index >= 15 is 0 Å². The summed E-state index contributed by atoms with van der Waals surface area (Å²) in [6.07, 6.45) is 0.919. The molecule has 0 aromatic rings. The Morgan fingerprint density at radius 3 is 2.18 bits per heavy atom. The zero-order valence-electron chi connectivity index (χ0n) is 12.1. The first-order valence-electron chi connectivity index (χ1n) is 6.42. The van der Waals surface area contributed by atoms with Gasteiger partial charge in [0, 0.05) is 31.0 Å². The summed E-state index contributed by atoms with van der Waals surface area (Å²) >= 11 is 1.47. The van der Waals surface area contributed by atoms with Crippen LogP contribution in [0.15, 0.2) is 0 Å². The normalized spacial score (nSPS) is 15.8. The lowest BCUT2D eigenvalue weighted by molar-refractivity contribution is 0.187. The molecule has 0 aromatic heterocycles. The summed E-state index contributed by atoms with van der Waals surface area (Å²) in [6, 6.07) is 1.06. The molecular weight excluding hydrogens is 253 g/mol. The molecule has 0 N–H and O–H groups in total. The van der Waals surface area contributed by atoms with Crippen LogP contribution in [0.2, 0.25) is 0 Å². The van der Waals surface area contributed by atoms with Gasteiger partial charge in [-0.1, -0.05) is 18.3 Å². The molecule has 5 heteroatoms. The van der Waals surface area contributed by atoms with E-state index in [2.05, 4.69) is 32.6 Å². The van der Waals surface area contributed by atoms with E-state index in [0.717, 1.165) is 18.7 Å². The number of nitrogens with zero attached hydrogens (tertiary/aromatic N) is 1. The van der Waals surface area contributed by atoms with Crippen LogP contribution in [-0.2, 0) is 9.09 Å². The highest BCUT2D eigenvalue weighted by Crippen LogP contribution is 2.56. The summed E-state index contributed by atoms with van der Waals surface area (Å²) in [7, 11) is 0. The van der Waals surface area contributed by atoms with E-state index in [-0.39, 0.29) is 0 Å². The summed E-state index contributed by atoms with van der Waals surface area (Å²) in [5.74, 6) is 0.869. The van der Waals surface area contributed by atoms with Crippen LogP contribution in [0, 0.1) is 0 Å². The number of rotatable bonds is 9. The molecule has 0 saturated heterocycles. The van der Waals surface area contributed by atoms with Gasteiger partial charge < -0.3 is 4.52 Å². The van der Waals surface area contributed by atoms with Gasteiger partial charge in [0.1, 0.15) is 0 Å². The van der Waals surface area contributed by atoms with E-state index in [4.69, 9.17) is 4.52 Å². The van der Waals surface area contributed by atoms with Gasteiger partial charge in [0.05, 0.1) is 6.61 Å². The van der Waals surface area contributed by atoms with Crippen molar-refractivity contribution in [1.82, 2.24) is 4.90 Å². The molecule has 0 fully saturated rings. The largest absolute Gasteiger partial charge is 0.321 e. The SMILES string of the molecule is CCCOP(C)(=O)SCCN(C(C)C)C(C)C. The Balaban J connectivity index is 3.99. The molecule has 104 valence electrons. The van der Waals surface area contributed by atoms with Crippen molar-refractivity contribution in [2.24, 2.45) is 0 Å². The fourth-order valence-corrected chi connectivity index (χ4v) is 4.62. The first kappa shape index (κ1) is 17.5. The zero-order chi connectivity index (χ0) is 13.5. The monoisotopic (exact) mass is 281 g/mol. The highest BCUT2D eigenvalue weighted by atomic mass is 32.7. The maximum Gasteiger partial charge on any atom is 0.254 e. The van der Waals surface area contributed by atoms with Crippen LogP contribution in [0.3, 0.4) is 0 Å². The van der Waals surface area contributed by atoms with Crippen molar-refractivity contribution in [3.05, 3.63) is 0 Å². The van der Waals surface area contributed by atoms with Gasteiger partial charge in [-0.3, -0.25) is 9.46 Å². The minimum absolute atomic E-state index is 0.531. The molecule has 0 aromatic carbocycles. The predicted molar refractivity (Wildman–Crippen MR) is 79.2 cm³/mol. The first-order valence-corrected chi connectivity index (χ1v) is 10.1. The quantitative estimate of drug-likeness (QED) is 0.595. The standard InChI is InChI=1S/C12H28NO2PS/c1-7-9-15-16(6,14)17-10-8-13(11(2)3)12(4)5/h11-12H,7-10H2,1-6H3. The molecule has 0 radical (unpaired) electrons. The molecule has 0 aliphatic heterocycles. The molecule has 17 heavy (non-hydrogen) atoms. The van der Waals surface area contributed by atoms with Crippen molar-refractivity contribution in [3.8, 4) is 0 Å². The third kappa shape index (κ3) is 8.25. The van der Waals surface area contributed by atoms with Gasteiger partial charge in [-0.2, -0.15) is 0 Å². The smallest absolute Gasteiger partial charge is 0.254 e. The molecule has 0 bridgehead atoms. The Bertz CT molecular complexity index is 239. The second-order valence-electron chi connectivity index (χ2n) is 4.86. The minimum Gasteiger partial charge on any atom is -0.321 e. The van der Waals surface area contributed by atoms with Crippen molar-refractivity contribution >= 4 is 18.0 Å². The van der Waals surface area contributed by atoms with E-state index in [1.165, 1.54) is 11.4 Å². The lowest BCUT2D eigenvalue weighted by Gasteiger charge is -2.30. The van der Waals surface area contributed by atoms with E-state index < -0.39 is 6.57 Å². The fraction of sp³-hybridized carbons (Fsp3) is 1.00. The topological polar surface area (TPSA) is 29.5 Å². The average molecular weight is 281 g/mol. The van der Waals surface area contributed by atoms with Gasteiger partial charge >= 0.3 is 0 Å². The van der Waals surface area contributed by atoms with Gasteiger partial charge in [0.25, 0.3) is 6.57 Å². The lowest BCUT2D eigenvalue weighted by atomic mass is 10.2. The highest BCUT2D eigenvalue weighted by Gasteiger charge is 2.18.